The lowest BCUT2D eigenvalue weighted by atomic mass is 10.1. The van der Waals surface area contributed by atoms with E-state index in [2.05, 4.69) is 20.8 Å². The molecule has 88 valence electrons. The molecule has 0 saturated carbocycles. The predicted molar refractivity (Wildman–Crippen MR) is 68.1 cm³/mol. The molecule has 4 heteroatoms. The molecule has 0 atom stereocenters. The largest absolute Gasteiger partial charge is 0.369 e. The van der Waals surface area contributed by atoms with Gasteiger partial charge in [-0.1, -0.05) is 6.07 Å². The number of nitrogens with zero attached hydrogens (tertiary/aromatic N) is 1. The van der Waals surface area contributed by atoms with E-state index in [0.29, 0.717) is 16.7 Å². The van der Waals surface area contributed by atoms with Gasteiger partial charge in [0.05, 0.1) is 10.2 Å². The maximum absolute atomic E-state index is 14.1. The lowest BCUT2D eigenvalue weighted by Gasteiger charge is -2.29. The number of hydrogen-bond acceptors (Lipinski definition) is 2. The number of piperidine rings is 1. The van der Waals surface area contributed by atoms with Gasteiger partial charge < -0.3 is 10.6 Å². The van der Waals surface area contributed by atoms with Gasteiger partial charge in [-0.3, -0.25) is 0 Å². The molecule has 0 radical (unpaired) electrons. The Hall–Kier alpha value is -0.610. The van der Waals surface area contributed by atoms with E-state index in [-0.39, 0.29) is 5.82 Å². The summed E-state index contributed by atoms with van der Waals surface area (Å²) in [5.74, 6) is -0.176. The molecule has 0 unspecified atom stereocenters. The van der Waals surface area contributed by atoms with Gasteiger partial charge in [-0.25, -0.2) is 4.39 Å². The average molecular weight is 287 g/mol. The first-order valence-corrected chi connectivity index (χ1v) is 6.45. The highest BCUT2D eigenvalue weighted by molar-refractivity contribution is 9.10. The molecule has 2 N–H and O–H groups in total. The molecule has 0 spiro atoms. The SMILES string of the molecule is NCc1ccc(N2CCCCC2)c(F)c1Br. The van der Waals surface area contributed by atoms with Crippen LogP contribution in [-0.4, -0.2) is 13.1 Å². The molecule has 1 aliphatic heterocycles. The highest BCUT2D eigenvalue weighted by atomic mass is 79.9. The van der Waals surface area contributed by atoms with E-state index < -0.39 is 0 Å². The summed E-state index contributed by atoms with van der Waals surface area (Å²) in [7, 11) is 0. The van der Waals surface area contributed by atoms with Crippen molar-refractivity contribution >= 4 is 21.6 Å². The lowest BCUT2D eigenvalue weighted by Crippen LogP contribution is -2.30. The van der Waals surface area contributed by atoms with Crippen LogP contribution in [-0.2, 0) is 6.54 Å². The molecular formula is C12H16BrFN2. The van der Waals surface area contributed by atoms with Crippen molar-refractivity contribution in [1.82, 2.24) is 0 Å². The molecule has 0 bridgehead atoms. The third-order valence-corrected chi connectivity index (χ3v) is 3.92. The summed E-state index contributed by atoms with van der Waals surface area (Å²) in [6.45, 7) is 2.26. The van der Waals surface area contributed by atoms with Gasteiger partial charge >= 0.3 is 0 Å². The van der Waals surface area contributed by atoms with Crippen LogP contribution in [0.4, 0.5) is 10.1 Å². The number of benzene rings is 1. The monoisotopic (exact) mass is 286 g/mol. The Bertz CT molecular complexity index is 376. The van der Waals surface area contributed by atoms with Crippen LogP contribution in [0.2, 0.25) is 0 Å². The molecule has 0 aliphatic carbocycles. The van der Waals surface area contributed by atoms with E-state index in [0.717, 1.165) is 31.5 Å². The van der Waals surface area contributed by atoms with Crippen molar-refractivity contribution in [2.24, 2.45) is 5.73 Å². The number of hydrogen-bond donors (Lipinski definition) is 1. The third kappa shape index (κ3) is 2.23. The molecule has 16 heavy (non-hydrogen) atoms. The first-order chi connectivity index (χ1) is 7.74. The summed E-state index contributed by atoms with van der Waals surface area (Å²) >= 11 is 3.28. The van der Waals surface area contributed by atoms with Crippen molar-refractivity contribution in [3.05, 3.63) is 28.0 Å². The van der Waals surface area contributed by atoms with Crippen molar-refractivity contribution < 1.29 is 4.39 Å². The fourth-order valence-corrected chi connectivity index (χ4v) is 2.61. The Morgan fingerprint density at radius 2 is 1.94 bits per heavy atom. The Morgan fingerprint density at radius 3 is 2.56 bits per heavy atom. The van der Waals surface area contributed by atoms with Crippen molar-refractivity contribution in [2.75, 3.05) is 18.0 Å². The van der Waals surface area contributed by atoms with Gasteiger partial charge in [0.2, 0.25) is 0 Å². The van der Waals surface area contributed by atoms with Gasteiger partial charge in [-0.2, -0.15) is 0 Å². The maximum Gasteiger partial charge on any atom is 0.160 e. The quantitative estimate of drug-likeness (QED) is 0.906. The van der Waals surface area contributed by atoms with Crippen LogP contribution in [0.5, 0.6) is 0 Å². The molecule has 1 saturated heterocycles. The Labute approximate surface area is 104 Å². The van der Waals surface area contributed by atoms with Crippen molar-refractivity contribution in [3.8, 4) is 0 Å². The number of rotatable bonds is 2. The second-order valence-corrected chi connectivity index (χ2v) is 4.92. The molecule has 2 nitrogen and oxygen atoms in total. The van der Waals surface area contributed by atoms with Gasteiger partial charge in [-0.05, 0) is 46.8 Å². The second-order valence-electron chi connectivity index (χ2n) is 4.12. The van der Waals surface area contributed by atoms with Gasteiger partial charge in [0, 0.05) is 19.6 Å². The summed E-state index contributed by atoms with van der Waals surface area (Å²) in [5, 5.41) is 0. The van der Waals surface area contributed by atoms with E-state index in [1.54, 1.807) is 0 Å². The molecular weight excluding hydrogens is 271 g/mol. The van der Waals surface area contributed by atoms with Crippen LogP contribution in [0.1, 0.15) is 24.8 Å². The summed E-state index contributed by atoms with van der Waals surface area (Å²) in [6.07, 6.45) is 3.55. The lowest BCUT2D eigenvalue weighted by molar-refractivity contribution is 0.554. The molecule has 1 aromatic rings. The molecule has 0 aromatic heterocycles. The maximum atomic E-state index is 14.1. The fourth-order valence-electron chi connectivity index (χ4n) is 2.12. The smallest absolute Gasteiger partial charge is 0.160 e. The van der Waals surface area contributed by atoms with E-state index in [9.17, 15) is 4.39 Å². The van der Waals surface area contributed by atoms with Gasteiger partial charge in [0.25, 0.3) is 0 Å². The third-order valence-electron chi connectivity index (χ3n) is 3.06. The Balaban J connectivity index is 2.30. The summed E-state index contributed by atoms with van der Waals surface area (Å²) in [5.41, 5.74) is 7.05. The molecule has 1 fully saturated rings. The molecule has 1 aromatic carbocycles. The van der Waals surface area contributed by atoms with E-state index in [1.165, 1.54) is 6.42 Å². The molecule has 2 rings (SSSR count). The average Bonchev–Trinajstić information content (AvgIpc) is 2.34. The number of anilines is 1. The van der Waals surface area contributed by atoms with Crippen molar-refractivity contribution in [3.63, 3.8) is 0 Å². The Kier molecular flexibility index (Phi) is 3.82. The van der Waals surface area contributed by atoms with Crippen LogP contribution in [0.3, 0.4) is 0 Å². The number of halogens is 2. The zero-order chi connectivity index (χ0) is 11.5. The highest BCUT2D eigenvalue weighted by Crippen LogP contribution is 2.30. The Morgan fingerprint density at radius 1 is 1.25 bits per heavy atom. The minimum absolute atomic E-state index is 0.176. The predicted octanol–water partition coefficient (Wildman–Crippen LogP) is 3.04. The van der Waals surface area contributed by atoms with Gasteiger partial charge in [0.1, 0.15) is 0 Å². The topological polar surface area (TPSA) is 29.3 Å². The second kappa shape index (κ2) is 5.15. The zero-order valence-electron chi connectivity index (χ0n) is 9.18. The van der Waals surface area contributed by atoms with Crippen LogP contribution < -0.4 is 10.6 Å². The van der Waals surface area contributed by atoms with Gasteiger partial charge in [-0.15, -0.1) is 0 Å². The molecule has 1 aliphatic rings. The van der Waals surface area contributed by atoms with Crippen molar-refractivity contribution in [1.29, 1.82) is 0 Å². The zero-order valence-corrected chi connectivity index (χ0v) is 10.8. The summed E-state index contributed by atoms with van der Waals surface area (Å²) in [4.78, 5) is 2.11. The fraction of sp³-hybridized carbons (Fsp3) is 0.500. The van der Waals surface area contributed by atoms with Crippen LogP contribution in [0.15, 0.2) is 16.6 Å². The minimum Gasteiger partial charge on any atom is -0.369 e. The highest BCUT2D eigenvalue weighted by Gasteiger charge is 2.17. The number of nitrogens with two attached hydrogens (primary N) is 1. The van der Waals surface area contributed by atoms with Crippen LogP contribution >= 0.6 is 15.9 Å². The molecule has 0 amide bonds. The minimum atomic E-state index is -0.176. The van der Waals surface area contributed by atoms with Crippen molar-refractivity contribution in [2.45, 2.75) is 25.8 Å². The van der Waals surface area contributed by atoms with E-state index in [4.69, 9.17) is 5.73 Å². The summed E-state index contributed by atoms with van der Waals surface area (Å²) < 4.78 is 14.6. The van der Waals surface area contributed by atoms with E-state index in [1.807, 2.05) is 12.1 Å². The molecule has 1 heterocycles. The summed E-state index contributed by atoms with van der Waals surface area (Å²) in [6, 6.07) is 3.74. The normalized spacial score (nSPS) is 16.6. The van der Waals surface area contributed by atoms with Crippen LogP contribution in [0.25, 0.3) is 0 Å². The van der Waals surface area contributed by atoms with Crippen LogP contribution in [0, 0.1) is 5.82 Å². The standard InChI is InChI=1S/C12H16BrFN2/c13-11-9(8-15)4-5-10(12(11)14)16-6-2-1-3-7-16/h4-5H,1-3,6-8,15H2. The van der Waals surface area contributed by atoms with Gasteiger partial charge in [0.15, 0.2) is 5.82 Å². The van der Waals surface area contributed by atoms with E-state index >= 15 is 0 Å². The first-order valence-electron chi connectivity index (χ1n) is 5.66. The first kappa shape index (κ1) is 11.9.